The molecular weight excluding hydrogens is 152 g/mol. The van der Waals surface area contributed by atoms with Gasteiger partial charge < -0.3 is 0 Å². The molecule has 0 unspecified atom stereocenters. The molecule has 0 aliphatic carbocycles. The van der Waals surface area contributed by atoms with Crippen molar-refractivity contribution in [2.45, 2.75) is 12.8 Å². The Labute approximate surface area is 61.6 Å². The zero-order valence-corrected chi connectivity index (χ0v) is 5.57. The summed E-state index contributed by atoms with van der Waals surface area (Å²) < 4.78 is 0. The van der Waals surface area contributed by atoms with Gasteiger partial charge in [-0.1, -0.05) is 0 Å². The molecule has 7 heteroatoms. The second kappa shape index (κ2) is 4.26. The van der Waals surface area contributed by atoms with E-state index in [0.29, 0.717) is 0 Å². The van der Waals surface area contributed by atoms with Crippen molar-refractivity contribution in [3.63, 3.8) is 0 Å². The largest absolute Gasteiger partial charge is 0.279 e. The Morgan fingerprint density at radius 2 is 1.55 bits per heavy atom. The van der Waals surface area contributed by atoms with Crippen LogP contribution in [-0.4, -0.2) is 22.1 Å². The zero-order valence-electron chi connectivity index (χ0n) is 5.57. The van der Waals surface area contributed by atoms with Crippen LogP contribution in [0.5, 0.6) is 0 Å². The first kappa shape index (κ1) is 9.41. The summed E-state index contributed by atoms with van der Waals surface area (Å²) in [4.78, 5) is 22.5. The first-order valence-electron chi connectivity index (χ1n) is 2.71. The SMILES string of the molecule is N=[N+]=N.O=C1CCC(=O)N1O. The predicted molar refractivity (Wildman–Crippen MR) is 30.4 cm³/mol. The first-order valence-corrected chi connectivity index (χ1v) is 2.71. The molecule has 0 radical (unpaired) electrons. The minimum Gasteiger partial charge on any atom is -0.279 e. The van der Waals surface area contributed by atoms with Crippen molar-refractivity contribution < 1.29 is 14.8 Å². The Kier molecular flexibility index (Phi) is 3.65. The van der Waals surface area contributed by atoms with Gasteiger partial charge in [-0.15, -0.1) is 0 Å². The van der Waals surface area contributed by atoms with Crippen LogP contribution in [0.4, 0.5) is 0 Å². The third-order valence-electron chi connectivity index (χ3n) is 1.03. The number of rotatable bonds is 0. The lowest BCUT2D eigenvalue weighted by molar-refractivity contribution is -0.171. The molecule has 3 N–H and O–H groups in total. The highest BCUT2D eigenvalue weighted by atomic mass is 16.5. The number of nitrogens with zero attached hydrogens (tertiary/aromatic N) is 2. The summed E-state index contributed by atoms with van der Waals surface area (Å²) in [6, 6.07) is 0. The van der Waals surface area contributed by atoms with Crippen molar-refractivity contribution in [2.24, 2.45) is 0 Å². The van der Waals surface area contributed by atoms with E-state index < -0.39 is 11.8 Å². The summed E-state index contributed by atoms with van der Waals surface area (Å²) >= 11 is 0. The van der Waals surface area contributed by atoms with Crippen molar-refractivity contribution >= 4 is 11.8 Å². The summed E-state index contributed by atoms with van der Waals surface area (Å²) in [5.41, 5.74) is 11.0. The smallest absolute Gasteiger partial charge is 0.253 e. The number of carbonyl (C=O) groups excluding carboxylic acids is 2. The molecule has 1 aliphatic rings. The van der Waals surface area contributed by atoms with Gasteiger partial charge in [0.2, 0.25) is 4.91 Å². The molecule has 2 amide bonds. The molecule has 7 nitrogen and oxygen atoms in total. The topological polar surface area (TPSA) is 119 Å². The van der Waals surface area contributed by atoms with Gasteiger partial charge in [0.25, 0.3) is 11.8 Å². The maximum Gasteiger partial charge on any atom is 0.253 e. The third-order valence-corrected chi connectivity index (χ3v) is 1.03. The molecular formula is C4H7N4O3+. The van der Waals surface area contributed by atoms with E-state index in [-0.39, 0.29) is 17.9 Å². The van der Waals surface area contributed by atoms with Gasteiger partial charge in [0.1, 0.15) is 11.1 Å². The van der Waals surface area contributed by atoms with Crippen LogP contribution in [0.1, 0.15) is 12.8 Å². The highest BCUT2D eigenvalue weighted by molar-refractivity contribution is 6.00. The molecule has 0 aromatic carbocycles. The molecule has 1 saturated heterocycles. The molecule has 0 atom stereocenters. The summed E-state index contributed by atoms with van der Waals surface area (Å²) in [6.45, 7) is 0. The molecule has 0 spiro atoms. The minimum absolute atomic E-state index is 0.148. The van der Waals surface area contributed by atoms with E-state index in [1.54, 1.807) is 0 Å². The summed E-state index contributed by atoms with van der Waals surface area (Å²) in [7, 11) is 0. The molecule has 11 heavy (non-hydrogen) atoms. The van der Waals surface area contributed by atoms with Gasteiger partial charge in [-0.25, -0.2) is 0 Å². The molecule has 1 fully saturated rings. The van der Waals surface area contributed by atoms with Crippen molar-refractivity contribution in [1.29, 1.82) is 11.1 Å². The summed E-state index contributed by atoms with van der Waals surface area (Å²) in [6.07, 6.45) is 0.296. The van der Waals surface area contributed by atoms with Crippen LogP contribution in [0, 0.1) is 11.1 Å². The van der Waals surface area contributed by atoms with Crippen LogP contribution >= 0.6 is 0 Å². The van der Waals surface area contributed by atoms with E-state index in [9.17, 15) is 9.59 Å². The van der Waals surface area contributed by atoms with Crippen LogP contribution in [0.2, 0.25) is 0 Å². The normalized spacial score (nSPS) is 15.5. The van der Waals surface area contributed by atoms with E-state index in [4.69, 9.17) is 16.3 Å². The van der Waals surface area contributed by atoms with E-state index >= 15 is 0 Å². The standard InChI is InChI=1S/C4H5NO3.H2N3/c6-3-1-2-4(7)5(3)8;1-3-2/h8H,1-2H2;1-2H/q;+1. The van der Waals surface area contributed by atoms with Crippen LogP contribution in [0.25, 0.3) is 0 Å². The predicted octanol–water partition coefficient (Wildman–Crippen LogP) is -0.360. The zero-order chi connectivity index (χ0) is 8.85. The highest BCUT2D eigenvalue weighted by Gasteiger charge is 2.26. The quantitative estimate of drug-likeness (QED) is 0.194. The fraction of sp³-hybridized carbons (Fsp3) is 0.500. The van der Waals surface area contributed by atoms with Crippen molar-refractivity contribution in [3.8, 4) is 0 Å². The molecule has 0 aromatic rings. The maximum absolute atomic E-state index is 10.2. The molecule has 1 aliphatic heterocycles. The number of hydrogen-bond acceptors (Lipinski definition) is 5. The summed E-state index contributed by atoms with van der Waals surface area (Å²) in [5.74, 6) is -1.01. The number of amides is 2. The monoisotopic (exact) mass is 159 g/mol. The Morgan fingerprint density at radius 1 is 1.27 bits per heavy atom. The molecule has 60 valence electrons. The average molecular weight is 159 g/mol. The van der Waals surface area contributed by atoms with Gasteiger partial charge >= 0.3 is 0 Å². The second-order valence-electron chi connectivity index (χ2n) is 1.71. The molecule has 0 aromatic heterocycles. The second-order valence-corrected chi connectivity index (χ2v) is 1.71. The van der Waals surface area contributed by atoms with Crippen molar-refractivity contribution in [2.75, 3.05) is 0 Å². The Bertz CT molecular complexity index is 191. The van der Waals surface area contributed by atoms with Gasteiger partial charge in [-0.3, -0.25) is 14.8 Å². The number of imide groups is 1. The number of hydrogen-bond donors (Lipinski definition) is 3. The van der Waals surface area contributed by atoms with Gasteiger partial charge in [0.05, 0.1) is 0 Å². The lowest BCUT2D eigenvalue weighted by Crippen LogP contribution is -2.24. The van der Waals surface area contributed by atoms with E-state index in [1.165, 1.54) is 0 Å². The van der Waals surface area contributed by atoms with Gasteiger partial charge in [0.15, 0.2) is 0 Å². The van der Waals surface area contributed by atoms with Crippen LogP contribution in [0.3, 0.4) is 0 Å². The molecule has 1 rings (SSSR count). The highest BCUT2D eigenvalue weighted by Crippen LogP contribution is 2.06. The Morgan fingerprint density at radius 3 is 1.64 bits per heavy atom. The molecule has 0 bridgehead atoms. The van der Waals surface area contributed by atoms with Gasteiger partial charge in [0, 0.05) is 12.8 Å². The van der Waals surface area contributed by atoms with Crippen LogP contribution in [0.15, 0.2) is 0 Å². The fourth-order valence-corrected chi connectivity index (χ4v) is 0.565. The lowest BCUT2D eigenvalue weighted by Gasteiger charge is -1.98. The Hall–Kier alpha value is -1.59. The van der Waals surface area contributed by atoms with E-state index in [2.05, 4.69) is 0 Å². The van der Waals surface area contributed by atoms with Crippen LogP contribution in [-0.2, 0) is 9.59 Å². The first-order chi connectivity index (χ1) is 5.13. The number of carbonyl (C=O) groups is 2. The number of hydroxylamine groups is 2. The Balaban J connectivity index is 0.000000292. The number of nitrogens with one attached hydrogen (secondary N) is 2. The average Bonchev–Trinajstić information content (AvgIpc) is 2.22. The van der Waals surface area contributed by atoms with Gasteiger partial charge in [-0.2, -0.15) is 5.06 Å². The maximum atomic E-state index is 10.2. The fourth-order valence-electron chi connectivity index (χ4n) is 0.565. The van der Waals surface area contributed by atoms with Crippen LogP contribution < -0.4 is 4.91 Å². The molecule has 0 saturated carbocycles. The van der Waals surface area contributed by atoms with Gasteiger partial charge in [-0.05, 0) is 0 Å². The third kappa shape index (κ3) is 2.65. The molecule has 1 heterocycles. The van der Waals surface area contributed by atoms with Crippen molar-refractivity contribution in [1.82, 2.24) is 9.97 Å². The lowest BCUT2D eigenvalue weighted by atomic mass is 10.4. The van der Waals surface area contributed by atoms with E-state index in [0.717, 1.165) is 0 Å². The van der Waals surface area contributed by atoms with Crippen molar-refractivity contribution in [3.05, 3.63) is 0 Å². The summed E-state index contributed by atoms with van der Waals surface area (Å²) in [5, 5.41) is 8.57. The minimum atomic E-state index is -0.505. The van der Waals surface area contributed by atoms with E-state index in [1.807, 2.05) is 4.91 Å².